The van der Waals surface area contributed by atoms with Crippen molar-refractivity contribution in [1.82, 2.24) is 15.1 Å². The summed E-state index contributed by atoms with van der Waals surface area (Å²) >= 11 is 1.42. The van der Waals surface area contributed by atoms with E-state index in [4.69, 9.17) is 9.47 Å². The van der Waals surface area contributed by atoms with Crippen LogP contribution in [0.4, 0.5) is 5.13 Å². The molecule has 1 fully saturated rings. The number of hydrogen-bond donors (Lipinski definition) is 1. The van der Waals surface area contributed by atoms with Crippen molar-refractivity contribution < 1.29 is 14.3 Å². The van der Waals surface area contributed by atoms with Crippen molar-refractivity contribution in [2.75, 3.05) is 32.6 Å². The topological polar surface area (TPSA) is 76.6 Å². The first-order valence-corrected chi connectivity index (χ1v) is 9.75. The van der Waals surface area contributed by atoms with Crippen molar-refractivity contribution in [2.24, 2.45) is 0 Å². The van der Waals surface area contributed by atoms with Crippen LogP contribution in [-0.2, 0) is 11.3 Å². The van der Waals surface area contributed by atoms with Crippen molar-refractivity contribution in [3.05, 3.63) is 34.8 Å². The number of benzene rings is 1. The highest BCUT2D eigenvalue weighted by Crippen LogP contribution is 2.28. The van der Waals surface area contributed by atoms with E-state index in [1.54, 1.807) is 26.4 Å². The van der Waals surface area contributed by atoms with Crippen LogP contribution < -0.4 is 14.8 Å². The molecule has 8 heteroatoms. The summed E-state index contributed by atoms with van der Waals surface area (Å²) in [7, 11) is 3.16. The number of methoxy groups -OCH3 is 2. The van der Waals surface area contributed by atoms with Crippen molar-refractivity contribution in [2.45, 2.75) is 25.8 Å². The molecule has 1 aliphatic heterocycles. The van der Waals surface area contributed by atoms with Crippen LogP contribution in [0.2, 0.25) is 0 Å². The molecule has 0 bridgehead atoms. The number of nitrogens with zero attached hydrogens (tertiary/aromatic N) is 3. The second-order valence-corrected chi connectivity index (χ2v) is 7.34. The Labute approximate surface area is 163 Å². The molecule has 1 aromatic heterocycles. The average Bonchev–Trinajstić information content (AvgIpc) is 3.13. The lowest BCUT2D eigenvalue weighted by Crippen LogP contribution is -2.28. The highest BCUT2D eigenvalue weighted by molar-refractivity contribution is 7.15. The zero-order chi connectivity index (χ0) is 19.1. The van der Waals surface area contributed by atoms with Gasteiger partial charge in [0.05, 0.1) is 20.8 Å². The number of nitrogens with one attached hydrogen (secondary N) is 1. The third-order valence-corrected chi connectivity index (χ3v) is 5.16. The van der Waals surface area contributed by atoms with Crippen LogP contribution in [0.1, 0.15) is 29.8 Å². The number of carbonyl (C=O) groups excluding carboxylic acids is 1. The fourth-order valence-corrected chi connectivity index (χ4v) is 3.74. The molecule has 0 atom stereocenters. The molecule has 1 N–H and O–H groups in total. The molecule has 0 saturated carbocycles. The number of hydrogen-bond acceptors (Lipinski definition) is 7. The summed E-state index contributed by atoms with van der Waals surface area (Å²) in [6.45, 7) is 3.01. The lowest BCUT2D eigenvalue weighted by molar-refractivity contribution is -0.111. The van der Waals surface area contributed by atoms with Crippen molar-refractivity contribution in [3.63, 3.8) is 0 Å². The minimum Gasteiger partial charge on any atom is -0.493 e. The molecule has 0 unspecified atom stereocenters. The van der Waals surface area contributed by atoms with Crippen molar-refractivity contribution in [3.8, 4) is 11.5 Å². The molecule has 0 spiro atoms. The zero-order valence-electron chi connectivity index (χ0n) is 15.6. The SMILES string of the molecule is COc1ccc(/C=C/C(=O)Nc2nnc(CN3CCCCC3)s2)cc1OC. The molecule has 1 amide bonds. The molecule has 1 aliphatic rings. The highest BCUT2D eigenvalue weighted by atomic mass is 32.1. The van der Waals surface area contributed by atoms with E-state index in [1.807, 2.05) is 12.1 Å². The van der Waals surface area contributed by atoms with Crippen LogP contribution >= 0.6 is 11.3 Å². The maximum atomic E-state index is 12.1. The number of carbonyl (C=O) groups is 1. The molecule has 2 heterocycles. The molecule has 0 radical (unpaired) electrons. The first kappa shape index (κ1) is 19.3. The Balaban J connectivity index is 1.55. The van der Waals surface area contributed by atoms with Crippen LogP contribution in [-0.4, -0.2) is 48.3 Å². The van der Waals surface area contributed by atoms with Gasteiger partial charge in [0, 0.05) is 6.08 Å². The Bertz CT molecular complexity index is 800. The minimum absolute atomic E-state index is 0.245. The van der Waals surface area contributed by atoms with Crippen LogP contribution in [0.25, 0.3) is 6.08 Å². The van der Waals surface area contributed by atoms with E-state index in [0.717, 1.165) is 30.2 Å². The van der Waals surface area contributed by atoms with Gasteiger partial charge in [0.1, 0.15) is 5.01 Å². The number of aromatic nitrogens is 2. The zero-order valence-corrected chi connectivity index (χ0v) is 16.4. The molecule has 3 rings (SSSR count). The van der Waals surface area contributed by atoms with E-state index in [1.165, 1.54) is 36.7 Å². The van der Waals surface area contributed by atoms with Crippen molar-refractivity contribution >= 4 is 28.5 Å². The van der Waals surface area contributed by atoms with Gasteiger partial charge in [-0.15, -0.1) is 10.2 Å². The quantitative estimate of drug-likeness (QED) is 0.734. The summed E-state index contributed by atoms with van der Waals surface area (Å²) in [5, 5.41) is 12.5. The van der Waals surface area contributed by atoms with E-state index >= 15 is 0 Å². The summed E-state index contributed by atoms with van der Waals surface area (Å²) in [5.74, 6) is 1.02. The molecule has 1 saturated heterocycles. The molecule has 27 heavy (non-hydrogen) atoms. The van der Waals surface area contributed by atoms with Crippen LogP contribution in [0.15, 0.2) is 24.3 Å². The fraction of sp³-hybridized carbons (Fsp3) is 0.421. The van der Waals surface area contributed by atoms with E-state index in [-0.39, 0.29) is 5.91 Å². The lowest BCUT2D eigenvalue weighted by Gasteiger charge is -2.24. The Morgan fingerprint density at radius 3 is 2.70 bits per heavy atom. The molecule has 1 aromatic carbocycles. The fourth-order valence-electron chi connectivity index (χ4n) is 2.95. The van der Waals surface area contributed by atoms with Crippen LogP contribution in [0.3, 0.4) is 0 Å². The van der Waals surface area contributed by atoms with Gasteiger partial charge in [-0.05, 0) is 49.7 Å². The second kappa shape index (κ2) is 9.48. The molecule has 0 aliphatic carbocycles. The monoisotopic (exact) mass is 388 g/mol. The van der Waals surface area contributed by atoms with Gasteiger partial charge >= 0.3 is 0 Å². The standard InChI is InChI=1S/C19H24N4O3S/c1-25-15-8-6-14(12-16(15)26-2)7-9-17(24)20-19-22-21-18(27-19)13-23-10-4-3-5-11-23/h6-9,12H,3-5,10-11,13H2,1-2H3,(H,20,22,24)/b9-7+. The van der Waals surface area contributed by atoms with Crippen LogP contribution in [0, 0.1) is 0 Å². The van der Waals surface area contributed by atoms with Gasteiger partial charge in [-0.2, -0.15) is 0 Å². The lowest BCUT2D eigenvalue weighted by atomic mass is 10.1. The molecular formula is C19H24N4O3S. The second-order valence-electron chi connectivity index (χ2n) is 6.27. The van der Waals surface area contributed by atoms with Gasteiger partial charge in [-0.3, -0.25) is 15.0 Å². The predicted octanol–water partition coefficient (Wildman–Crippen LogP) is 3.19. The summed E-state index contributed by atoms with van der Waals surface area (Å²) < 4.78 is 10.5. The third-order valence-electron chi connectivity index (χ3n) is 4.34. The first-order valence-electron chi connectivity index (χ1n) is 8.94. The predicted molar refractivity (Wildman–Crippen MR) is 106 cm³/mol. The van der Waals surface area contributed by atoms with Crippen molar-refractivity contribution in [1.29, 1.82) is 0 Å². The van der Waals surface area contributed by atoms with Gasteiger partial charge in [0.2, 0.25) is 11.0 Å². The van der Waals surface area contributed by atoms with Gasteiger partial charge < -0.3 is 9.47 Å². The van der Waals surface area contributed by atoms with E-state index in [9.17, 15) is 4.79 Å². The Hall–Kier alpha value is -2.45. The summed E-state index contributed by atoms with van der Waals surface area (Å²) in [5.41, 5.74) is 0.839. The third kappa shape index (κ3) is 5.51. The summed E-state index contributed by atoms with van der Waals surface area (Å²) in [6.07, 6.45) is 6.97. The van der Waals surface area contributed by atoms with Gasteiger partial charge in [0.25, 0.3) is 0 Å². The molecule has 7 nitrogen and oxygen atoms in total. The van der Waals surface area contributed by atoms with Gasteiger partial charge in [-0.1, -0.05) is 23.8 Å². The van der Waals surface area contributed by atoms with Gasteiger partial charge in [-0.25, -0.2) is 0 Å². The average molecular weight is 388 g/mol. The number of piperidine rings is 1. The molecule has 144 valence electrons. The van der Waals surface area contributed by atoms with Gasteiger partial charge in [0.15, 0.2) is 11.5 Å². The highest BCUT2D eigenvalue weighted by Gasteiger charge is 2.14. The number of rotatable bonds is 7. The number of ether oxygens (including phenoxy) is 2. The largest absolute Gasteiger partial charge is 0.493 e. The molecule has 2 aromatic rings. The number of amides is 1. The van der Waals surface area contributed by atoms with Crippen LogP contribution in [0.5, 0.6) is 11.5 Å². The Morgan fingerprint density at radius 1 is 1.19 bits per heavy atom. The van der Waals surface area contributed by atoms with E-state index < -0.39 is 0 Å². The van der Waals surface area contributed by atoms with E-state index in [2.05, 4.69) is 20.4 Å². The Kier molecular flexibility index (Phi) is 6.78. The number of likely N-dealkylation sites (tertiary alicyclic amines) is 1. The summed E-state index contributed by atoms with van der Waals surface area (Å²) in [6, 6.07) is 5.46. The normalized spacial score (nSPS) is 15.0. The smallest absolute Gasteiger partial charge is 0.250 e. The minimum atomic E-state index is -0.245. The molecular weight excluding hydrogens is 364 g/mol. The maximum Gasteiger partial charge on any atom is 0.250 e. The summed E-state index contributed by atoms with van der Waals surface area (Å²) in [4.78, 5) is 14.5. The first-order chi connectivity index (χ1) is 13.2. The Morgan fingerprint density at radius 2 is 1.96 bits per heavy atom. The van der Waals surface area contributed by atoms with E-state index in [0.29, 0.717) is 16.6 Å². The maximum absolute atomic E-state index is 12.1. The number of anilines is 1.